The Morgan fingerprint density at radius 1 is 1.25 bits per heavy atom. The lowest BCUT2D eigenvalue weighted by Crippen LogP contribution is -2.43. The summed E-state index contributed by atoms with van der Waals surface area (Å²) in [6.45, 7) is 0.784. The quantitative estimate of drug-likeness (QED) is 0.341. The van der Waals surface area contributed by atoms with Crippen LogP contribution in [0.25, 0.3) is 11.2 Å². The zero-order valence-corrected chi connectivity index (χ0v) is 15.6. The molecular formula is C17H17F2N5O3S. The molecule has 3 aromatic rings. The lowest BCUT2D eigenvalue weighted by molar-refractivity contribution is 0.147. The van der Waals surface area contributed by atoms with Crippen molar-refractivity contribution in [3.05, 3.63) is 51.9 Å². The number of aliphatic hydroxyl groups excluding tert-OH is 2. The Morgan fingerprint density at radius 3 is 2.71 bits per heavy atom. The molecule has 0 saturated carbocycles. The smallest absolute Gasteiger partial charge is 0.268 e. The standard InChI is InChI=1S/C17H17F2N5O3S/c1-17(7-25,8-26)24-15-13-14(21-11(27)5-20-13)22-16(23-15)28-6-9-3-2-4-10(18)12(9)19/h2-5,25-26H,6-8H2,1H3,(H2,21,22,23,24,27). The molecular weight excluding hydrogens is 392 g/mol. The van der Waals surface area contributed by atoms with E-state index in [4.69, 9.17) is 0 Å². The second-order valence-corrected chi connectivity index (χ2v) is 7.25. The minimum Gasteiger partial charge on any atom is -0.394 e. The zero-order chi connectivity index (χ0) is 20.3. The molecule has 0 saturated heterocycles. The van der Waals surface area contributed by atoms with Crippen LogP contribution in [0, 0.1) is 11.6 Å². The van der Waals surface area contributed by atoms with E-state index in [9.17, 15) is 23.8 Å². The molecule has 0 aliphatic heterocycles. The first-order valence-electron chi connectivity index (χ1n) is 8.18. The van der Waals surface area contributed by atoms with Crippen LogP contribution in [0.2, 0.25) is 0 Å². The van der Waals surface area contributed by atoms with Crippen LogP contribution in [0.15, 0.2) is 34.3 Å². The normalized spacial score (nSPS) is 11.8. The van der Waals surface area contributed by atoms with Crippen molar-refractivity contribution in [1.82, 2.24) is 19.9 Å². The Kier molecular flexibility index (Phi) is 5.87. The molecule has 0 radical (unpaired) electrons. The number of nitrogens with one attached hydrogen (secondary N) is 2. The molecule has 0 aliphatic carbocycles. The monoisotopic (exact) mass is 409 g/mol. The predicted molar refractivity (Wildman–Crippen MR) is 100 cm³/mol. The van der Waals surface area contributed by atoms with Gasteiger partial charge in [0.2, 0.25) is 0 Å². The number of aliphatic hydroxyl groups is 2. The van der Waals surface area contributed by atoms with Crippen LogP contribution in [0.3, 0.4) is 0 Å². The first-order chi connectivity index (χ1) is 13.3. The van der Waals surface area contributed by atoms with Crippen molar-refractivity contribution in [2.24, 2.45) is 0 Å². The second-order valence-electron chi connectivity index (χ2n) is 6.30. The van der Waals surface area contributed by atoms with Gasteiger partial charge in [-0.05, 0) is 13.0 Å². The molecule has 0 bridgehead atoms. The molecule has 0 atom stereocenters. The number of fused-ring (bicyclic) bond motifs is 1. The number of hydrogen-bond acceptors (Lipinski definition) is 8. The van der Waals surface area contributed by atoms with E-state index in [2.05, 4.69) is 25.3 Å². The van der Waals surface area contributed by atoms with E-state index >= 15 is 0 Å². The number of halogens is 2. The summed E-state index contributed by atoms with van der Waals surface area (Å²) in [7, 11) is 0. The van der Waals surface area contributed by atoms with Crippen molar-refractivity contribution < 1.29 is 19.0 Å². The maximum atomic E-state index is 13.8. The van der Waals surface area contributed by atoms with Crippen molar-refractivity contribution in [2.75, 3.05) is 18.5 Å². The second kappa shape index (κ2) is 8.17. The lowest BCUT2D eigenvalue weighted by atomic mass is 10.1. The Balaban J connectivity index is 1.98. The maximum absolute atomic E-state index is 13.8. The third-order valence-corrected chi connectivity index (χ3v) is 4.82. The van der Waals surface area contributed by atoms with Gasteiger partial charge in [-0.15, -0.1) is 0 Å². The third-order valence-electron chi connectivity index (χ3n) is 3.92. The Hall–Kier alpha value is -2.63. The number of rotatable bonds is 7. The minimum absolute atomic E-state index is 0.0519. The first-order valence-corrected chi connectivity index (χ1v) is 9.16. The van der Waals surface area contributed by atoms with Gasteiger partial charge in [-0.2, -0.15) is 0 Å². The summed E-state index contributed by atoms with van der Waals surface area (Å²) >= 11 is 1.03. The fourth-order valence-electron chi connectivity index (χ4n) is 2.28. The van der Waals surface area contributed by atoms with Gasteiger partial charge in [-0.25, -0.2) is 23.7 Å². The number of H-pyrrole nitrogens is 1. The average Bonchev–Trinajstić information content (AvgIpc) is 2.68. The van der Waals surface area contributed by atoms with Gasteiger partial charge >= 0.3 is 0 Å². The number of benzene rings is 1. The van der Waals surface area contributed by atoms with Gasteiger partial charge in [0.05, 0.1) is 24.9 Å². The van der Waals surface area contributed by atoms with Crippen molar-refractivity contribution in [3.63, 3.8) is 0 Å². The fraction of sp³-hybridized carbons (Fsp3) is 0.294. The molecule has 4 N–H and O–H groups in total. The minimum atomic E-state index is -1.10. The highest BCUT2D eigenvalue weighted by Crippen LogP contribution is 2.27. The largest absolute Gasteiger partial charge is 0.394 e. The van der Waals surface area contributed by atoms with Crippen LogP contribution >= 0.6 is 11.8 Å². The fourth-order valence-corrected chi connectivity index (χ4v) is 3.10. The van der Waals surface area contributed by atoms with E-state index in [1.54, 1.807) is 6.92 Å². The van der Waals surface area contributed by atoms with Crippen LogP contribution < -0.4 is 10.9 Å². The van der Waals surface area contributed by atoms with E-state index in [0.29, 0.717) is 0 Å². The van der Waals surface area contributed by atoms with Gasteiger partial charge in [-0.1, -0.05) is 23.9 Å². The zero-order valence-electron chi connectivity index (χ0n) is 14.7. The van der Waals surface area contributed by atoms with E-state index in [0.717, 1.165) is 24.0 Å². The Labute approximate surface area is 162 Å². The molecule has 148 valence electrons. The number of aromatic amines is 1. The topological polar surface area (TPSA) is 124 Å². The molecule has 0 amide bonds. The third kappa shape index (κ3) is 4.26. The summed E-state index contributed by atoms with van der Waals surface area (Å²) in [6.07, 6.45) is 1.06. The van der Waals surface area contributed by atoms with E-state index in [1.165, 1.54) is 12.1 Å². The molecule has 2 heterocycles. The average molecular weight is 409 g/mol. The summed E-state index contributed by atoms with van der Waals surface area (Å²) in [5.41, 5.74) is -1.08. The van der Waals surface area contributed by atoms with Crippen LogP contribution in [0.5, 0.6) is 0 Å². The summed E-state index contributed by atoms with van der Waals surface area (Å²) in [6, 6.07) is 3.88. The van der Waals surface area contributed by atoms with Gasteiger partial charge in [-0.3, -0.25) is 4.79 Å². The molecule has 0 fully saturated rings. The van der Waals surface area contributed by atoms with Gasteiger partial charge in [0, 0.05) is 11.3 Å². The van der Waals surface area contributed by atoms with Crippen LogP contribution in [0.4, 0.5) is 14.6 Å². The summed E-state index contributed by atoms with van der Waals surface area (Å²) < 4.78 is 27.2. The molecule has 28 heavy (non-hydrogen) atoms. The van der Waals surface area contributed by atoms with Crippen LogP contribution in [-0.2, 0) is 5.75 Å². The number of hydrogen-bond donors (Lipinski definition) is 4. The predicted octanol–water partition coefficient (Wildman–Crippen LogP) is 1.44. The van der Waals surface area contributed by atoms with Crippen molar-refractivity contribution in [3.8, 4) is 0 Å². The number of anilines is 1. The Morgan fingerprint density at radius 2 is 2.00 bits per heavy atom. The summed E-state index contributed by atoms with van der Waals surface area (Å²) in [4.78, 5) is 26.6. The van der Waals surface area contributed by atoms with Gasteiger partial charge in [0.15, 0.2) is 28.3 Å². The Bertz CT molecular complexity index is 1060. The molecule has 3 rings (SSSR count). The van der Waals surface area contributed by atoms with E-state index < -0.39 is 35.9 Å². The molecule has 1 aromatic carbocycles. The molecule has 0 spiro atoms. The molecule has 8 nitrogen and oxygen atoms in total. The van der Waals surface area contributed by atoms with Crippen LogP contribution in [-0.4, -0.2) is 48.9 Å². The van der Waals surface area contributed by atoms with Crippen molar-refractivity contribution in [1.29, 1.82) is 0 Å². The van der Waals surface area contributed by atoms with Gasteiger partial charge in [0.1, 0.15) is 5.52 Å². The number of thioether (sulfide) groups is 1. The number of nitrogens with zero attached hydrogens (tertiary/aromatic N) is 3. The van der Waals surface area contributed by atoms with Gasteiger partial charge in [0.25, 0.3) is 5.56 Å². The highest BCUT2D eigenvalue weighted by molar-refractivity contribution is 7.98. The molecule has 2 aromatic heterocycles. The summed E-state index contributed by atoms with van der Waals surface area (Å²) in [5, 5.41) is 22.1. The lowest BCUT2D eigenvalue weighted by Gasteiger charge is -2.27. The van der Waals surface area contributed by atoms with E-state index in [-0.39, 0.29) is 33.5 Å². The maximum Gasteiger partial charge on any atom is 0.268 e. The molecule has 0 unspecified atom stereocenters. The highest BCUT2D eigenvalue weighted by atomic mass is 32.2. The number of aromatic nitrogens is 4. The van der Waals surface area contributed by atoms with Crippen molar-refractivity contribution in [2.45, 2.75) is 23.4 Å². The molecule has 0 aliphatic rings. The first kappa shape index (κ1) is 20.1. The highest BCUT2D eigenvalue weighted by Gasteiger charge is 2.25. The van der Waals surface area contributed by atoms with Crippen LogP contribution in [0.1, 0.15) is 12.5 Å². The van der Waals surface area contributed by atoms with Gasteiger partial charge < -0.3 is 20.5 Å². The molecule has 11 heteroatoms. The summed E-state index contributed by atoms with van der Waals surface area (Å²) in [5.74, 6) is -1.67. The van der Waals surface area contributed by atoms with Crippen molar-refractivity contribution >= 4 is 28.7 Å². The SMILES string of the molecule is CC(CO)(CO)Nc1nc(SCc2cccc(F)c2F)nc2[nH]c(=O)cnc12. The van der Waals surface area contributed by atoms with E-state index in [1.807, 2.05) is 0 Å².